The van der Waals surface area contributed by atoms with Crippen molar-refractivity contribution in [2.75, 3.05) is 5.75 Å². The zero-order valence-electron chi connectivity index (χ0n) is 12.4. The molecule has 0 saturated heterocycles. The summed E-state index contributed by atoms with van der Waals surface area (Å²) in [7, 11) is 0. The van der Waals surface area contributed by atoms with Crippen LogP contribution in [0.3, 0.4) is 0 Å². The third kappa shape index (κ3) is 4.58. The highest BCUT2D eigenvalue weighted by molar-refractivity contribution is 7.99. The molecule has 118 valence electrons. The number of amides is 1. The first-order valence-corrected chi connectivity index (χ1v) is 9.52. The van der Waals surface area contributed by atoms with Crippen LogP contribution in [0.1, 0.15) is 42.8 Å². The second-order valence-electron chi connectivity index (χ2n) is 5.51. The molecule has 0 aliphatic heterocycles. The van der Waals surface area contributed by atoms with Crippen molar-refractivity contribution in [2.24, 2.45) is 0 Å². The van der Waals surface area contributed by atoms with Crippen LogP contribution in [0, 0.1) is 0 Å². The molecule has 0 unspecified atom stereocenters. The van der Waals surface area contributed by atoms with Gasteiger partial charge >= 0.3 is 0 Å². The van der Waals surface area contributed by atoms with Crippen molar-refractivity contribution < 1.29 is 4.79 Å². The van der Waals surface area contributed by atoms with Crippen LogP contribution in [0.2, 0.25) is 0 Å². The number of thiophene rings is 1. The molecule has 0 bridgehead atoms. The van der Waals surface area contributed by atoms with E-state index in [0.717, 1.165) is 25.1 Å². The highest BCUT2D eigenvalue weighted by Gasteiger charge is 2.16. The monoisotopic (exact) mass is 336 g/mol. The third-order valence-electron chi connectivity index (χ3n) is 3.74. The Morgan fingerprint density at radius 3 is 3.05 bits per heavy atom. The lowest BCUT2D eigenvalue weighted by Crippen LogP contribution is -2.37. The minimum atomic E-state index is 0.0847. The standard InChI is InChI=1S/C15H20N4OS2/c20-14(16-11-5-2-1-3-6-11)10-22-15-17-13(18-19-15)9-12-7-4-8-21-12/h4,7-8,11H,1-3,5-6,9-10H2,(H,16,20)(H,17,18,19). The topological polar surface area (TPSA) is 70.7 Å². The van der Waals surface area contributed by atoms with Crippen LogP contribution in [0.4, 0.5) is 0 Å². The van der Waals surface area contributed by atoms with Crippen molar-refractivity contribution >= 4 is 29.0 Å². The van der Waals surface area contributed by atoms with Gasteiger partial charge in [0.2, 0.25) is 11.1 Å². The second kappa shape index (κ2) is 7.78. The highest BCUT2D eigenvalue weighted by Crippen LogP contribution is 2.19. The van der Waals surface area contributed by atoms with Crippen LogP contribution >= 0.6 is 23.1 Å². The van der Waals surface area contributed by atoms with Crippen molar-refractivity contribution in [3.63, 3.8) is 0 Å². The Labute approximate surface area is 138 Å². The smallest absolute Gasteiger partial charge is 0.230 e. The molecule has 1 fully saturated rings. The fourth-order valence-corrected chi connectivity index (χ4v) is 3.98. The maximum absolute atomic E-state index is 12.0. The van der Waals surface area contributed by atoms with Gasteiger partial charge < -0.3 is 5.32 Å². The number of aromatic amines is 1. The van der Waals surface area contributed by atoms with Gasteiger partial charge in [0.1, 0.15) is 5.82 Å². The number of hydrogen-bond acceptors (Lipinski definition) is 5. The van der Waals surface area contributed by atoms with Crippen molar-refractivity contribution in [3.05, 3.63) is 28.2 Å². The number of H-pyrrole nitrogens is 1. The number of aromatic nitrogens is 3. The maximum Gasteiger partial charge on any atom is 0.230 e. The predicted octanol–water partition coefficient (Wildman–Crippen LogP) is 3.00. The zero-order valence-corrected chi connectivity index (χ0v) is 14.0. The average molecular weight is 336 g/mol. The molecule has 1 saturated carbocycles. The summed E-state index contributed by atoms with van der Waals surface area (Å²) in [5.74, 6) is 1.31. The van der Waals surface area contributed by atoms with E-state index in [0.29, 0.717) is 17.0 Å². The fraction of sp³-hybridized carbons (Fsp3) is 0.533. The van der Waals surface area contributed by atoms with Crippen molar-refractivity contribution in [3.8, 4) is 0 Å². The van der Waals surface area contributed by atoms with Gasteiger partial charge in [0.25, 0.3) is 0 Å². The first-order valence-electron chi connectivity index (χ1n) is 7.65. The first-order chi connectivity index (χ1) is 10.8. The van der Waals surface area contributed by atoms with Gasteiger partial charge in [0.15, 0.2) is 0 Å². The number of hydrogen-bond donors (Lipinski definition) is 2. The Bertz CT molecular complexity index is 590. The number of carbonyl (C=O) groups excluding carboxylic acids is 1. The minimum absolute atomic E-state index is 0.0847. The minimum Gasteiger partial charge on any atom is -0.353 e. The van der Waals surface area contributed by atoms with Gasteiger partial charge in [0.05, 0.1) is 5.75 Å². The van der Waals surface area contributed by atoms with E-state index < -0.39 is 0 Å². The average Bonchev–Trinajstić information content (AvgIpc) is 3.19. The number of nitrogens with zero attached hydrogens (tertiary/aromatic N) is 2. The molecule has 0 spiro atoms. The molecule has 0 atom stereocenters. The molecule has 3 rings (SSSR count). The normalized spacial score (nSPS) is 15.8. The van der Waals surface area contributed by atoms with Crippen molar-refractivity contribution in [2.45, 2.75) is 49.7 Å². The molecule has 2 heterocycles. The van der Waals surface area contributed by atoms with Gasteiger partial charge in [0, 0.05) is 17.3 Å². The Balaban J connectivity index is 1.43. The Morgan fingerprint density at radius 2 is 2.27 bits per heavy atom. The van der Waals surface area contributed by atoms with Crippen molar-refractivity contribution in [1.82, 2.24) is 20.5 Å². The summed E-state index contributed by atoms with van der Waals surface area (Å²) in [5.41, 5.74) is 0. The molecule has 0 radical (unpaired) electrons. The molecule has 2 aromatic rings. The molecule has 7 heteroatoms. The molecular weight excluding hydrogens is 316 g/mol. The number of nitrogens with one attached hydrogen (secondary N) is 2. The van der Waals surface area contributed by atoms with Crippen LogP contribution < -0.4 is 5.32 Å². The van der Waals surface area contributed by atoms with Gasteiger partial charge in [-0.2, -0.15) is 0 Å². The fourth-order valence-electron chi connectivity index (χ4n) is 2.65. The van der Waals surface area contributed by atoms with E-state index in [9.17, 15) is 4.79 Å². The Kier molecular flexibility index (Phi) is 5.50. The molecule has 1 amide bonds. The lowest BCUT2D eigenvalue weighted by molar-refractivity contribution is -0.119. The van der Waals surface area contributed by atoms with Crippen LogP contribution in [0.15, 0.2) is 22.7 Å². The largest absolute Gasteiger partial charge is 0.353 e. The highest BCUT2D eigenvalue weighted by atomic mass is 32.2. The third-order valence-corrected chi connectivity index (χ3v) is 5.46. The second-order valence-corrected chi connectivity index (χ2v) is 7.49. The van der Waals surface area contributed by atoms with E-state index >= 15 is 0 Å². The Hall–Kier alpha value is -1.34. The molecular formula is C15H20N4OS2. The number of thioether (sulfide) groups is 1. The summed E-state index contributed by atoms with van der Waals surface area (Å²) in [4.78, 5) is 17.6. The van der Waals surface area contributed by atoms with Gasteiger partial charge in [-0.25, -0.2) is 4.98 Å². The number of carbonyl (C=O) groups is 1. The molecule has 0 aromatic carbocycles. The molecule has 5 nitrogen and oxygen atoms in total. The maximum atomic E-state index is 12.0. The lowest BCUT2D eigenvalue weighted by atomic mass is 9.95. The number of rotatable bonds is 6. The van der Waals surface area contributed by atoms with E-state index in [1.54, 1.807) is 11.3 Å². The SMILES string of the molecule is O=C(CSc1n[nH]c(Cc2cccs2)n1)NC1CCCCC1. The van der Waals surface area contributed by atoms with Crippen LogP contribution in [0.25, 0.3) is 0 Å². The van der Waals surface area contributed by atoms with Gasteiger partial charge in [-0.3, -0.25) is 9.89 Å². The van der Waals surface area contributed by atoms with Crippen molar-refractivity contribution in [1.29, 1.82) is 0 Å². The van der Waals surface area contributed by atoms with E-state index in [1.807, 2.05) is 6.07 Å². The van der Waals surface area contributed by atoms with Gasteiger partial charge in [-0.15, -0.1) is 16.4 Å². The predicted molar refractivity (Wildman–Crippen MR) is 89.2 cm³/mol. The summed E-state index contributed by atoms with van der Waals surface area (Å²) < 4.78 is 0. The molecule has 2 aromatic heterocycles. The Morgan fingerprint density at radius 1 is 1.41 bits per heavy atom. The summed E-state index contributed by atoms with van der Waals surface area (Å²) in [6, 6.07) is 4.47. The van der Waals surface area contributed by atoms with E-state index in [1.165, 1.54) is 35.9 Å². The van der Waals surface area contributed by atoms with Crippen LogP contribution in [0.5, 0.6) is 0 Å². The zero-order chi connectivity index (χ0) is 15.2. The molecule has 1 aliphatic carbocycles. The summed E-state index contributed by atoms with van der Waals surface area (Å²) in [6.07, 6.45) is 6.74. The van der Waals surface area contributed by atoms with Crippen LogP contribution in [-0.2, 0) is 11.2 Å². The van der Waals surface area contributed by atoms with E-state index in [2.05, 4.69) is 31.9 Å². The first kappa shape index (κ1) is 15.6. The summed E-state index contributed by atoms with van der Waals surface area (Å²) in [5, 5.41) is 12.9. The summed E-state index contributed by atoms with van der Waals surface area (Å²) >= 11 is 3.09. The van der Waals surface area contributed by atoms with Crippen LogP contribution in [-0.4, -0.2) is 32.9 Å². The quantitative estimate of drug-likeness (QED) is 0.796. The van der Waals surface area contributed by atoms with E-state index in [-0.39, 0.29) is 5.91 Å². The van der Waals surface area contributed by atoms with E-state index in [4.69, 9.17) is 0 Å². The molecule has 22 heavy (non-hydrogen) atoms. The molecule has 1 aliphatic rings. The summed E-state index contributed by atoms with van der Waals surface area (Å²) in [6.45, 7) is 0. The van der Waals surface area contributed by atoms with Gasteiger partial charge in [-0.1, -0.05) is 37.1 Å². The van der Waals surface area contributed by atoms with Gasteiger partial charge in [-0.05, 0) is 24.3 Å². The molecule has 2 N–H and O–H groups in total. The lowest BCUT2D eigenvalue weighted by Gasteiger charge is -2.22.